The predicted molar refractivity (Wildman–Crippen MR) is 91.5 cm³/mol. The van der Waals surface area contributed by atoms with Gasteiger partial charge in [0.1, 0.15) is 17.0 Å². The highest BCUT2D eigenvalue weighted by atomic mass is 16.5. The Kier molecular flexibility index (Phi) is 5.07. The van der Waals surface area contributed by atoms with Crippen LogP contribution in [0.15, 0.2) is 34.9 Å². The SMILES string of the molecule is Cc1onc(-c2ccccc2)c1C(=O)N(C)CC(=O)NC(C)(C)C. The van der Waals surface area contributed by atoms with Crippen LogP contribution in [0.25, 0.3) is 11.3 Å². The van der Waals surface area contributed by atoms with Gasteiger partial charge in [0.15, 0.2) is 0 Å². The lowest BCUT2D eigenvalue weighted by molar-refractivity contribution is -0.122. The van der Waals surface area contributed by atoms with Crippen LogP contribution in [0, 0.1) is 6.92 Å². The lowest BCUT2D eigenvalue weighted by atomic mass is 10.1. The van der Waals surface area contributed by atoms with Crippen LogP contribution >= 0.6 is 0 Å². The maximum Gasteiger partial charge on any atom is 0.259 e. The van der Waals surface area contributed by atoms with E-state index in [-0.39, 0.29) is 23.9 Å². The summed E-state index contributed by atoms with van der Waals surface area (Å²) in [5.41, 5.74) is 1.32. The summed E-state index contributed by atoms with van der Waals surface area (Å²) < 4.78 is 5.21. The highest BCUT2D eigenvalue weighted by molar-refractivity contribution is 6.02. The number of likely N-dealkylation sites (N-methyl/N-ethyl adjacent to an activating group) is 1. The molecule has 2 rings (SSSR count). The molecule has 0 bridgehead atoms. The maximum atomic E-state index is 12.8. The van der Waals surface area contributed by atoms with Crippen molar-refractivity contribution in [3.63, 3.8) is 0 Å². The summed E-state index contributed by atoms with van der Waals surface area (Å²) >= 11 is 0. The van der Waals surface area contributed by atoms with Crippen molar-refractivity contribution in [3.05, 3.63) is 41.7 Å². The van der Waals surface area contributed by atoms with E-state index in [2.05, 4.69) is 10.5 Å². The Morgan fingerprint density at radius 3 is 2.42 bits per heavy atom. The standard InChI is InChI=1S/C18H23N3O3/c1-12-15(16(20-24-12)13-9-7-6-8-10-13)17(23)21(5)11-14(22)19-18(2,3)4/h6-10H,11H2,1-5H3,(H,19,22). The summed E-state index contributed by atoms with van der Waals surface area (Å²) in [5.74, 6) is -0.0766. The lowest BCUT2D eigenvalue weighted by Crippen LogP contribution is -2.46. The Hall–Kier alpha value is -2.63. The first-order valence-electron chi connectivity index (χ1n) is 7.77. The molecule has 6 nitrogen and oxygen atoms in total. The molecule has 0 saturated heterocycles. The highest BCUT2D eigenvalue weighted by Gasteiger charge is 2.26. The molecule has 0 aliphatic rings. The Morgan fingerprint density at radius 2 is 1.83 bits per heavy atom. The van der Waals surface area contributed by atoms with Crippen LogP contribution in [0.2, 0.25) is 0 Å². The van der Waals surface area contributed by atoms with Gasteiger partial charge in [-0.2, -0.15) is 0 Å². The minimum absolute atomic E-state index is 0.0328. The van der Waals surface area contributed by atoms with Gasteiger partial charge in [-0.15, -0.1) is 0 Å². The van der Waals surface area contributed by atoms with Gasteiger partial charge < -0.3 is 14.7 Å². The van der Waals surface area contributed by atoms with Crippen LogP contribution in [-0.4, -0.2) is 41.0 Å². The minimum Gasteiger partial charge on any atom is -0.360 e. The van der Waals surface area contributed by atoms with Crippen LogP contribution in [0.1, 0.15) is 36.9 Å². The number of aryl methyl sites for hydroxylation is 1. The van der Waals surface area contributed by atoms with E-state index in [9.17, 15) is 9.59 Å². The molecule has 6 heteroatoms. The zero-order chi connectivity index (χ0) is 17.9. The molecule has 2 amide bonds. The smallest absolute Gasteiger partial charge is 0.259 e. The number of rotatable bonds is 4. The number of hydrogen-bond donors (Lipinski definition) is 1. The van der Waals surface area contributed by atoms with Gasteiger partial charge in [-0.25, -0.2) is 0 Å². The molecule has 0 spiro atoms. The molecular weight excluding hydrogens is 306 g/mol. The quantitative estimate of drug-likeness (QED) is 0.935. The number of hydrogen-bond acceptors (Lipinski definition) is 4. The van der Waals surface area contributed by atoms with Crippen LogP contribution in [0.4, 0.5) is 0 Å². The van der Waals surface area contributed by atoms with Crippen LogP contribution < -0.4 is 5.32 Å². The highest BCUT2D eigenvalue weighted by Crippen LogP contribution is 2.26. The molecule has 0 atom stereocenters. The molecule has 1 aromatic heterocycles. The van der Waals surface area contributed by atoms with Crippen LogP contribution in [-0.2, 0) is 4.79 Å². The third-order valence-electron chi connectivity index (χ3n) is 3.37. The second-order valence-electron chi connectivity index (χ2n) is 6.79. The van der Waals surface area contributed by atoms with Crippen molar-refractivity contribution < 1.29 is 14.1 Å². The zero-order valence-corrected chi connectivity index (χ0v) is 14.7. The molecule has 128 valence electrons. The Morgan fingerprint density at radius 1 is 1.21 bits per heavy atom. The van der Waals surface area contributed by atoms with Gasteiger partial charge in [-0.3, -0.25) is 9.59 Å². The van der Waals surface area contributed by atoms with Gasteiger partial charge in [-0.1, -0.05) is 35.5 Å². The summed E-state index contributed by atoms with van der Waals surface area (Å²) in [6.07, 6.45) is 0. The van der Waals surface area contributed by atoms with Crippen LogP contribution in [0.5, 0.6) is 0 Å². The summed E-state index contributed by atoms with van der Waals surface area (Å²) in [4.78, 5) is 26.2. The van der Waals surface area contributed by atoms with Crippen molar-refractivity contribution >= 4 is 11.8 Å². The fourth-order valence-electron chi connectivity index (χ4n) is 2.35. The number of benzene rings is 1. The topological polar surface area (TPSA) is 75.4 Å². The third kappa shape index (κ3) is 4.22. The zero-order valence-electron chi connectivity index (χ0n) is 14.7. The minimum atomic E-state index is -0.344. The van der Waals surface area contributed by atoms with E-state index >= 15 is 0 Å². The summed E-state index contributed by atoms with van der Waals surface area (Å²) in [6, 6.07) is 9.35. The molecule has 1 heterocycles. The van der Waals surface area contributed by atoms with Gasteiger partial charge in [0, 0.05) is 18.2 Å². The number of amides is 2. The molecule has 0 saturated carbocycles. The number of aromatic nitrogens is 1. The van der Waals surface area contributed by atoms with Crippen molar-refractivity contribution in [2.75, 3.05) is 13.6 Å². The normalized spacial score (nSPS) is 11.2. The van der Waals surface area contributed by atoms with E-state index in [1.807, 2.05) is 51.1 Å². The molecule has 0 unspecified atom stereocenters. The Bertz CT molecular complexity index is 730. The van der Waals surface area contributed by atoms with Crippen molar-refractivity contribution in [3.8, 4) is 11.3 Å². The maximum absolute atomic E-state index is 12.8. The average Bonchev–Trinajstić information content (AvgIpc) is 2.87. The lowest BCUT2D eigenvalue weighted by Gasteiger charge is -2.23. The monoisotopic (exact) mass is 329 g/mol. The van der Waals surface area contributed by atoms with Crippen LogP contribution in [0.3, 0.4) is 0 Å². The van der Waals surface area contributed by atoms with E-state index in [1.165, 1.54) is 4.90 Å². The second-order valence-corrected chi connectivity index (χ2v) is 6.79. The van der Waals surface area contributed by atoms with E-state index in [4.69, 9.17) is 4.52 Å². The summed E-state index contributed by atoms with van der Waals surface area (Å²) in [5, 5.41) is 6.84. The Labute approximate surface area is 141 Å². The van der Waals surface area contributed by atoms with Gasteiger partial charge in [0.05, 0.1) is 6.54 Å². The molecule has 0 aliphatic heterocycles. The first kappa shape index (κ1) is 17.7. The Balaban J connectivity index is 2.21. The van der Waals surface area contributed by atoms with E-state index in [0.29, 0.717) is 17.0 Å². The van der Waals surface area contributed by atoms with Crippen molar-refractivity contribution in [1.82, 2.24) is 15.4 Å². The van der Waals surface area contributed by atoms with E-state index in [0.717, 1.165) is 5.56 Å². The molecule has 0 aliphatic carbocycles. The van der Waals surface area contributed by atoms with Gasteiger partial charge in [0.25, 0.3) is 5.91 Å². The molecule has 2 aromatic rings. The van der Waals surface area contributed by atoms with Crippen molar-refractivity contribution in [2.24, 2.45) is 0 Å². The molecule has 1 aromatic carbocycles. The van der Waals surface area contributed by atoms with Crippen molar-refractivity contribution in [1.29, 1.82) is 0 Å². The second kappa shape index (κ2) is 6.86. The van der Waals surface area contributed by atoms with Crippen molar-refractivity contribution in [2.45, 2.75) is 33.2 Å². The molecule has 1 N–H and O–H groups in total. The fraction of sp³-hybridized carbons (Fsp3) is 0.389. The molecular formula is C18H23N3O3. The third-order valence-corrected chi connectivity index (χ3v) is 3.37. The summed E-state index contributed by atoms with van der Waals surface area (Å²) in [6.45, 7) is 7.34. The van der Waals surface area contributed by atoms with E-state index < -0.39 is 0 Å². The number of carbonyl (C=O) groups excluding carboxylic acids is 2. The first-order valence-corrected chi connectivity index (χ1v) is 7.77. The average molecular weight is 329 g/mol. The molecule has 0 radical (unpaired) electrons. The van der Waals surface area contributed by atoms with E-state index in [1.54, 1.807) is 14.0 Å². The molecule has 24 heavy (non-hydrogen) atoms. The fourth-order valence-corrected chi connectivity index (χ4v) is 2.35. The van der Waals surface area contributed by atoms with Gasteiger partial charge in [0.2, 0.25) is 5.91 Å². The van der Waals surface area contributed by atoms with Gasteiger partial charge >= 0.3 is 0 Å². The largest absolute Gasteiger partial charge is 0.360 e. The first-order chi connectivity index (χ1) is 11.2. The summed E-state index contributed by atoms with van der Waals surface area (Å²) in [7, 11) is 1.59. The number of carbonyl (C=O) groups is 2. The van der Waals surface area contributed by atoms with Gasteiger partial charge in [-0.05, 0) is 27.7 Å². The number of nitrogens with one attached hydrogen (secondary N) is 1. The number of nitrogens with zero attached hydrogens (tertiary/aromatic N) is 2. The predicted octanol–water partition coefficient (Wildman–Crippen LogP) is 2.64. The molecule has 0 fully saturated rings.